The molecule has 4 amide bonds. The number of carbonyl (C=O) groups is 3. The van der Waals surface area contributed by atoms with Crippen LogP contribution < -0.4 is 5.32 Å². The summed E-state index contributed by atoms with van der Waals surface area (Å²) in [5, 5.41) is 2.30. The molecule has 1 unspecified atom stereocenters. The summed E-state index contributed by atoms with van der Waals surface area (Å²) >= 11 is 0. The third-order valence-electron chi connectivity index (χ3n) is 3.89. The first-order valence-electron chi connectivity index (χ1n) is 6.80. The lowest BCUT2D eigenvalue weighted by atomic mass is 9.87. The van der Waals surface area contributed by atoms with Crippen molar-refractivity contribution in [3.05, 3.63) is 0 Å². The molecule has 19 heavy (non-hydrogen) atoms. The number of nitrogens with one attached hydrogen (secondary N) is 1. The number of barbiturate groups is 1. The molecule has 0 spiro atoms. The molecule has 0 radical (unpaired) electrons. The minimum atomic E-state index is -0.678. The number of rotatable bonds is 5. The van der Waals surface area contributed by atoms with E-state index < -0.39 is 17.9 Å². The summed E-state index contributed by atoms with van der Waals surface area (Å²) in [6, 6.07) is -0.597. The summed E-state index contributed by atoms with van der Waals surface area (Å²) in [4.78, 5) is 37.1. The van der Waals surface area contributed by atoms with Crippen LogP contribution in [0.1, 0.15) is 32.1 Å². The van der Waals surface area contributed by atoms with Gasteiger partial charge in [0.25, 0.3) is 0 Å². The average molecular weight is 268 g/mol. The Bertz CT molecular complexity index is 377. The van der Waals surface area contributed by atoms with Crippen LogP contribution in [-0.4, -0.2) is 43.0 Å². The third-order valence-corrected chi connectivity index (χ3v) is 3.89. The molecular weight excluding hydrogens is 248 g/mol. The lowest BCUT2D eigenvalue weighted by molar-refractivity contribution is -0.145. The van der Waals surface area contributed by atoms with E-state index in [4.69, 9.17) is 4.74 Å². The second kappa shape index (κ2) is 6.14. The lowest BCUT2D eigenvalue weighted by Crippen LogP contribution is -2.59. The molecule has 6 heteroatoms. The van der Waals surface area contributed by atoms with Crippen LogP contribution in [0.2, 0.25) is 0 Å². The van der Waals surface area contributed by atoms with E-state index in [1.165, 1.54) is 0 Å². The van der Waals surface area contributed by atoms with Crippen LogP contribution in [0.15, 0.2) is 0 Å². The molecule has 1 saturated heterocycles. The Hall–Kier alpha value is -1.43. The number of carbonyl (C=O) groups excluding carboxylic acids is 3. The summed E-state index contributed by atoms with van der Waals surface area (Å²) < 4.78 is 4.91. The van der Waals surface area contributed by atoms with Crippen LogP contribution in [0.4, 0.5) is 4.79 Å². The first-order chi connectivity index (χ1) is 9.15. The molecule has 1 aliphatic carbocycles. The van der Waals surface area contributed by atoms with E-state index in [2.05, 4.69) is 5.32 Å². The van der Waals surface area contributed by atoms with Gasteiger partial charge in [-0.05, 0) is 25.2 Å². The van der Waals surface area contributed by atoms with Crippen molar-refractivity contribution in [1.82, 2.24) is 10.2 Å². The number of imide groups is 2. The second-order valence-electron chi connectivity index (χ2n) is 5.15. The molecule has 0 aromatic rings. The lowest BCUT2D eigenvalue weighted by Gasteiger charge is -2.32. The zero-order valence-corrected chi connectivity index (χ0v) is 11.2. The minimum Gasteiger partial charge on any atom is -0.385 e. The van der Waals surface area contributed by atoms with Crippen LogP contribution in [0, 0.1) is 11.8 Å². The Morgan fingerprint density at radius 1 is 1.26 bits per heavy atom. The highest BCUT2D eigenvalue weighted by Crippen LogP contribution is 2.33. The van der Waals surface area contributed by atoms with Gasteiger partial charge in [-0.3, -0.25) is 19.8 Å². The van der Waals surface area contributed by atoms with Crippen LogP contribution in [-0.2, 0) is 14.3 Å². The van der Waals surface area contributed by atoms with Gasteiger partial charge in [-0.15, -0.1) is 0 Å². The Balaban J connectivity index is 2.05. The van der Waals surface area contributed by atoms with Crippen molar-refractivity contribution >= 4 is 17.8 Å². The topological polar surface area (TPSA) is 75.7 Å². The van der Waals surface area contributed by atoms with Crippen molar-refractivity contribution in [1.29, 1.82) is 0 Å². The van der Waals surface area contributed by atoms with Crippen LogP contribution in [0.3, 0.4) is 0 Å². The van der Waals surface area contributed by atoms with Gasteiger partial charge in [0.05, 0.1) is 0 Å². The van der Waals surface area contributed by atoms with Gasteiger partial charge < -0.3 is 4.74 Å². The second-order valence-corrected chi connectivity index (χ2v) is 5.15. The van der Waals surface area contributed by atoms with Gasteiger partial charge in [0.1, 0.15) is 5.92 Å². The smallest absolute Gasteiger partial charge is 0.330 e. The first-order valence-corrected chi connectivity index (χ1v) is 6.80. The van der Waals surface area contributed by atoms with Gasteiger partial charge in [-0.25, -0.2) is 4.79 Å². The molecule has 2 aliphatic rings. The van der Waals surface area contributed by atoms with Crippen molar-refractivity contribution < 1.29 is 19.1 Å². The molecule has 6 nitrogen and oxygen atoms in total. The maximum Gasteiger partial charge on any atom is 0.330 e. The monoisotopic (exact) mass is 268 g/mol. The van der Waals surface area contributed by atoms with Crippen molar-refractivity contribution in [2.45, 2.75) is 32.1 Å². The zero-order chi connectivity index (χ0) is 13.8. The first kappa shape index (κ1) is 14.0. The fraction of sp³-hybridized carbons (Fsp3) is 0.769. The number of methoxy groups -OCH3 is 1. The third kappa shape index (κ3) is 2.94. The molecule has 0 bridgehead atoms. The summed E-state index contributed by atoms with van der Waals surface area (Å²) in [5.74, 6) is -1.35. The highest BCUT2D eigenvalue weighted by atomic mass is 16.5. The Morgan fingerprint density at radius 3 is 2.58 bits per heavy atom. The van der Waals surface area contributed by atoms with Crippen molar-refractivity contribution in [2.24, 2.45) is 11.8 Å². The Morgan fingerprint density at radius 2 is 1.95 bits per heavy atom. The Kier molecular flexibility index (Phi) is 4.52. The van der Waals surface area contributed by atoms with Gasteiger partial charge in [0, 0.05) is 20.3 Å². The van der Waals surface area contributed by atoms with Crippen LogP contribution in [0.5, 0.6) is 0 Å². The fourth-order valence-corrected chi connectivity index (χ4v) is 2.92. The van der Waals surface area contributed by atoms with E-state index in [0.29, 0.717) is 19.6 Å². The predicted molar refractivity (Wildman–Crippen MR) is 67.2 cm³/mol. The molecule has 1 aliphatic heterocycles. The number of hydrogen-bond acceptors (Lipinski definition) is 4. The molecular formula is C13H20N2O4. The van der Waals surface area contributed by atoms with Crippen molar-refractivity contribution in [3.63, 3.8) is 0 Å². The van der Waals surface area contributed by atoms with Crippen LogP contribution >= 0.6 is 0 Å². The van der Waals surface area contributed by atoms with Crippen LogP contribution in [0.25, 0.3) is 0 Å². The molecule has 1 saturated carbocycles. The largest absolute Gasteiger partial charge is 0.385 e. The molecule has 2 fully saturated rings. The van der Waals surface area contributed by atoms with E-state index in [0.717, 1.165) is 30.6 Å². The zero-order valence-electron chi connectivity index (χ0n) is 11.2. The molecule has 1 atom stereocenters. The molecule has 1 heterocycles. The quantitative estimate of drug-likeness (QED) is 0.594. The predicted octanol–water partition coefficient (Wildman–Crippen LogP) is 0.908. The number of ether oxygens (including phenoxy) is 1. The van der Waals surface area contributed by atoms with Gasteiger partial charge in [-0.1, -0.05) is 12.8 Å². The summed E-state index contributed by atoms with van der Waals surface area (Å²) in [5.41, 5.74) is 0. The summed E-state index contributed by atoms with van der Waals surface area (Å²) in [6.45, 7) is 0.786. The van der Waals surface area contributed by atoms with E-state index >= 15 is 0 Å². The standard InChI is InChI=1S/C13H20N2O4/c1-19-8-4-7-15-12(17)10(9-5-2-3-6-9)11(16)14-13(15)18/h9-10H,2-8H2,1H3,(H,14,16,18). The highest BCUT2D eigenvalue weighted by molar-refractivity contribution is 6.16. The summed E-state index contributed by atoms with van der Waals surface area (Å²) in [7, 11) is 1.57. The minimum absolute atomic E-state index is 0.0884. The fourth-order valence-electron chi connectivity index (χ4n) is 2.92. The Labute approximate surface area is 112 Å². The molecule has 1 N–H and O–H groups in total. The average Bonchev–Trinajstić information content (AvgIpc) is 2.87. The molecule has 0 aromatic carbocycles. The molecule has 0 aromatic heterocycles. The van der Waals surface area contributed by atoms with Crippen molar-refractivity contribution in [2.75, 3.05) is 20.3 Å². The van der Waals surface area contributed by atoms with Crippen molar-refractivity contribution in [3.8, 4) is 0 Å². The number of hydrogen-bond donors (Lipinski definition) is 1. The number of amides is 4. The van der Waals surface area contributed by atoms with Gasteiger partial charge in [0.15, 0.2) is 0 Å². The van der Waals surface area contributed by atoms with E-state index in [1.54, 1.807) is 7.11 Å². The van der Waals surface area contributed by atoms with Gasteiger partial charge >= 0.3 is 6.03 Å². The maximum absolute atomic E-state index is 12.3. The van der Waals surface area contributed by atoms with E-state index in [9.17, 15) is 14.4 Å². The normalized spacial score (nSPS) is 25.0. The summed E-state index contributed by atoms with van der Waals surface area (Å²) in [6.07, 6.45) is 4.48. The number of urea groups is 1. The SMILES string of the molecule is COCCCN1C(=O)NC(=O)C(C2CCCC2)C1=O. The van der Waals surface area contributed by atoms with Gasteiger partial charge in [-0.2, -0.15) is 0 Å². The molecule has 106 valence electrons. The molecule has 2 rings (SSSR count). The maximum atomic E-state index is 12.3. The van der Waals surface area contributed by atoms with E-state index in [-0.39, 0.29) is 11.8 Å². The van der Waals surface area contributed by atoms with E-state index in [1.807, 2.05) is 0 Å². The van der Waals surface area contributed by atoms with Gasteiger partial charge in [0.2, 0.25) is 11.8 Å². The number of nitrogens with zero attached hydrogens (tertiary/aromatic N) is 1. The highest BCUT2D eigenvalue weighted by Gasteiger charge is 2.44.